The zero-order valence-corrected chi connectivity index (χ0v) is 13.4. The highest BCUT2D eigenvalue weighted by Crippen LogP contribution is 2.26. The van der Waals surface area contributed by atoms with Gasteiger partial charge in [-0.25, -0.2) is 4.79 Å². The first-order valence-corrected chi connectivity index (χ1v) is 7.50. The standard InChI is InChI=1S/C13H9BrClNO3S/c1-19-13(18)11-10(4-5-20-11)16-12(17)8-6-7(14)2-3-9(8)15/h2-6H,1H3,(H,16,17). The molecule has 1 N–H and O–H groups in total. The van der Waals surface area contributed by atoms with E-state index in [9.17, 15) is 9.59 Å². The number of carbonyl (C=O) groups is 2. The molecule has 2 rings (SSSR count). The highest BCUT2D eigenvalue weighted by Gasteiger charge is 2.17. The summed E-state index contributed by atoms with van der Waals surface area (Å²) < 4.78 is 5.39. The molecule has 1 amide bonds. The summed E-state index contributed by atoms with van der Waals surface area (Å²) in [6.45, 7) is 0. The highest BCUT2D eigenvalue weighted by atomic mass is 79.9. The summed E-state index contributed by atoms with van der Waals surface area (Å²) in [5.74, 6) is -0.879. The van der Waals surface area contributed by atoms with Gasteiger partial charge in [0.2, 0.25) is 0 Å². The fraction of sp³-hybridized carbons (Fsp3) is 0.0769. The van der Waals surface area contributed by atoms with Crippen LogP contribution in [0.2, 0.25) is 5.02 Å². The zero-order chi connectivity index (χ0) is 14.7. The number of esters is 1. The summed E-state index contributed by atoms with van der Waals surface area (Å²) in [4.78, 5) is 24.1. The fourth-order valence-corrected chi connectivity index (χ4v) is 2.85. The smallest absolute Gasteiger partial charge is 0.350 e. The Hall–Kier alpha value is -1.37. The van der Waals surface area contributed by atoms with Gasteiger partial charge in [0.15, 0.2) is 0 Å². The number of hydrogen-bond acceptors (Lipinski definition) is 4. The average molecular weight is 375 g/mol. The molecule has 0 unspecified atom stereocenters. The first-order valence-electron chi connectivity index (χ1n) is 5.45. The lowest BCUT2D eigenvalue weighted by Crippen LogP contribution is -2.14. The lowest BCUT2D eigenvalue weighted by atomic mass is 10.2. The number of benzene rings is 1. The van der Waals surface area contributed by atoms with Crippen LogP contribution in [0.15, 0.2) is 34.1 Å². The molecule has 2 aromatic rings. The van der Waals surface area contributed by atoms with Gasteiger partial charge in [-0.05, 0) is 29.6 Å². The maximum atomic E-state index is 12.2. The van der Waals surface area contributed by atoms with E-state index in [1.54, 1.807) is 29.6 Å². The van der Waals surface area contributed by atoms with Crippen molar-refractivity contribution in [2.75, 3.05) is 12.4 Å². The van der Waals surface area contributed by atoms with Crippen LogP contribution in [0.25, 0.3) is 0 Å². The molecule has 7 heteroatoms. The molecule has 0 atom stereocenters. The fourth-order valence-electron chi connectivity index (χ4n) is 1.52. The number of halogens is 2. The maximum absolute atomic E-state index is 12.2. The molecule has 1 aromatic heterocycles. The number of anilines is 1. The number of rotatable bonds is 3. The van der Waals surface area contributed by atoms with Crippen molar-refractivity contribution in [3.8, 4) is 0 Å². The number of nitrogens with one attached hydrogen (secondary N) is 1. The van der Waals surface area contributed by atoms with Crippen molar-refractivity contribution in [2.45, 2.75) is 0 Å². The number of methoxy groups -OCH3 is 1. The van der Waals surface area contributed by atoms with Crippen molar-refractivity contribution >= 4 is 56.4 Å². The van der Waals surface area contributed by atoms with E-state index in [-0.39, 0.29) is 5.91 Å². The van der Waals surface area contributed by atoms with Crippen LogP contribution >= 0.6 is 38.9 Å². The summed E-state index contributed by atoms with van der Waals surface area (Å²) in [7, 11) is 1.29. The molecule has 0 aliphatic heterocycles. The lowest BCUT2D eigenvalue weighted by Gasteiger charge is -2.07. The molecule has 0 bridgehead atoms. The summed E-state index contributed by atoms with van der Waals surface area (Å²) in [6.07, 6.45) is 0. The Labute approximate surface area is 132 Å². The quantitative estimate of drug-likeness (QED) is 0.819. The molecule has 0 aliphatic rings. The molecule has 4 nitrogen and oxygen atoms in total. The van der Waals surface area contributed by atoms with E-state index in [0.717, 1.165) is 4.47 Å². The van der Waals surface area contributed by atoms with Crippen LogP contribution < -0.4 is 5.32 Å². The van der Waals surface area contributed by atoms with Crippen molar-refractivity contribution in [1.29, 1.82) is 0 Å². The minimum Gasteiger partial charge on any atom is -0.465 e. The molecule has 20 heavy (non-hydrogen) atoms. The monoisotopic (exact) mass is 373 g/mol. The molecule has 0 fully saturated rings. The maximum Gasteiger partial charge on any atom is 0.350 e. The third-order valence-electron chi connectivity index (χ3n) is 2.46. The lowest BCUT2D eigenvalue weighted by molar-refractivity contribution is 0.0607. The summed E-state index contributed by atoms with van der Waals surface area (Å²) >= 11 is 10.5. The molecular formula is C13H9BrClNO3S. The number of carbonyl (C=O) groups excluding carboxylic acids is 2. The predicted molar refractivity (Wildman–Crippen MR) is 82.8 cm³/mol. The minimum atomic E-state index is -0.490. The third-order valence-corrected chi connectivity index (χ3v) is 4.17. The molecular weight excluding hydrogens is 366 g/mol. The van der Waals surface area contributed by atoms with Crippen molar-refractivity contribution in [1.82, 2.24) is 0 Å². The van der Waals surface area contributed by atoms with Gasteiger partial charge in [0.1, 0.15) is 4.88 Å². The zero-order valence-electron chi connectivity index (χ0n) is 10.3. The van der Waals surface area contributed by atoms with Gasteiger partial charge >= 0.3 is 5.97 Å². The van der Waals surface area contributed by atoms with Crippen LogP contribution in [0.1, 0.15) is 20.0 Å². The van der Waals surface area contributed by atoms with Gasteiger partial charge in [0, 0.05) is 4.47 Å². The van der Waals surface area contributed by atoms with Crippen molar-refractivity contribution in [3.63, 3.8) is 0 Å². The normalized spacial score (nSPS) is 10.2. The number of ether oxygens (including phenoxy) is 1. The van der Waals surface area contributed by atoms with Crippen LogP contribution in [0, 0.1) is 0 Å². The number of thiophene rings is 1. The van der Waals surface area contributed by atoms with E-state index in [1.165, 1.54) is 18.4 Å². The molecule has 0 saturated heterocycles. The Morgan fingerprint density at radius 1 is 1.35 bits per heavy atom. The van der Waals surface area contributed by atoms with Gasteiger partial charge in [0.05, 0.1) is 23.4 Å². The molecule has 0 radical (unpaired) electrons. The Kier molecular flexibility index (Phi) is 4.80. The van der Waals surface area contributed by atoms with Crippen LogP contribution in [-0.4, -0.2) is 19.0 Å². The minimum absolute atomic E-state index is 0.322. The highest BCUT2D eigenvalue weighted by molar-refractivity contribution is 9.10. The van der Waals surface area contributed by atoms with Gasteiger partial charge in [-0.1, -0.05) is 27.5 Å². The summed E-state index contributed by atoms with van der Waals surface area (Å²) in [6, 6.07) is 6.61. The van der Waals surface area contributed by atoms with E-state index in [2.05, 4.69) is 26.0 Å². The van der Waals surface area contributed by atoms with Gasteiger partial charge in [-0.3, -0.25) is 4.79 Å². The third kappa shape index (κ3) is 3.20. The van der Waals surface area contributed by atoms with Gasteiger partial charge in [-0.2, -0.15) is 0 Å². The van der Waals surface area contributed by atoms with Gasteiger partial charge < -0.3 is 10.1 Å². The summed E-state index contributed by atoms with van der Waals surface area (Å²) in [5.41, 5.74) is 0.728. The van der Waals surface area contributed by atoms with Crippen LogP contribution in [0.5, 0.6) is 0 Å². The molecule has 0 saturated carbocycles. The van der Waals surface area contributed by atoms with E-state index in [0.29, 0.717) is 21.2 Å². The topological polar surface area (TPSA) is 55.4 Å². The number of hydrogen-bond donors (Lipinski definition) is 1. The second-order valence-corrected chi connectivity index (χ2v) is 5.97. The number of amides is 1. The second kappa shape index (κ2) is 6.39. The largest absolute Gasteiger partial charge is 0.465 e. The van der Waals surface area contributed by atoms with Gasteiger partial charge in [-0.15, -0.1) is 11.3 Å². The first-order chi connectivity index (χ1) is 9.52. The Balaban J connectivity index is 2.26. The summed E-state index contributed by atoms with van der Waals surface area (Å²) in [5, 5.41) is 4.69. The van der Waals surface area contributed by atoms with Crippen molar-refractivity contribution < 1.29 is 14.3 Å². The first kappa shape index (κ1) is 15.0. The average Bonchev–Trinajstić information content (AvgIpc) is 2.88. The molecule has 104 valence electrons. The van der Waals surface area contributed by atoms with E-state index >= 15 is 0 Å². The molecule has 1 aromatic carbocycles. The Bertz CT molecular complexity index is 671. The van der Waals surface area contributed by atoms with E-state index in [1.807, 2.05) is 0 Å². The predicted octanol–water partition coefficient (Wildman–Crippen LogP) is 4.20. The van der Waals surface area contributed by atoms with E-state index < -0.39 is 5.97 Å². The van der Waals surface area contributed by atoms with Crippen LogP contribution in [-0.2, 0) is 4.74 Å². The molecule has 0 spiro atoms. The Morgan fingerprint density at radius 2 is 2.10 bits per heavy atom. The molecule has 1 heterocycles. The van der Waals surface area contributed by atoms with Crippen LogP contribution in [0.3, 0.4) is 0 Å². The Morgan fingerprint density at radius 3 is 2.80 bits per heavy atom. The molecule has 0 aliphatic carbocycles. The van der Waals surface area contributed by atoms with Gasteiger partial charge in [0.25, 0.3) is 5.91 Å². The van der Waals surface area contributed by atoms with E-state index in [4.69, 9.17) is 11.6 Å². The van der Waals surface area contributed by atoms with Crippen LogP contribution in [0.4, 0.5) is 5.69 Å². The van der Waals surface area contributed by atoms with Crippen molar-refractivity contribution in [2.24, 2.45) is 0 Å². The van der Waals surface area contributed by atoms with Crippen molar-refractivity contribution in [3.05, 3.63) is 49.6 Å². The SMILES string of the molecule is COC(=O)c1sccc1NC(=O)c1cc(Br)ccc1Cl. The second-order valence-electron chi connectivity index (χ2n) is 3.73.